The van der Waals surface area contributed by atoms with Crippen molar-refractivity contribution in [3.63, 3.8) is 0 Å². The molecule has 7 nitrogen and oxygen atoms in total. The highest BCUT2D eigenvalue weighted by molar-refractivity contribution is 5.98. The van der Waals surface area contributed by atoms with E-state index in [1.807, 2.05) is 6.07 Å². The Kier molecular flexibility index (Phi) is 5.79. The molecule has 3 aliphatic rings. The molecule has 3 saturated carbocycles. The zero-order valence-electron chi connectivity index (χ0n) is 20.0. The van der Waals surface area contributed by atoms with Crippen molar-refractivity contribution in [2.75, 3.05) is 5.32 Å². The first-order chi connectivity index (χ1) is 18.4. The maximum atomic E-state index is 16.2. The Balaban J connectivity index is 1.58. The molecule has 0 saturated heterocycles. The van der Waals surface area contributed by atoms with Crippen LogP contribution in [0, 0.1) is 46.5 Å². The van der Waals surface area contributed by atoms with Gasteiger partial charge in [0.1, 0.15) is 17.7 Å². The molecular formula is C28H22F3N5O2. The Hall–Kier alpha value is -4.39. The van der Waals surface area contributed by atoms with Crippen molar-refractivity contribution in [2.24, 2.45) is 17.8 Å². The molecule has 3 aliphatic carbocycles. The molecule has 38 heavy (non-hydrogen) atoms. The molecule has 0 spiro atoms. The molecule has 2 atom stereocenters. The number of carbonyl (C=O) groups is 1. The van der Waals surface area contributed by atoms with E-state index in [1.54, 1.807) is 12.1 Å². The lowest BCUT2D eigenvalue weighted by Crippen LogP contribution is -2.51. The monoisotopic (exact) mass is 517 g/mol. The molecule has 1 aromatic carbocycles. The summed E-state index contributed by atoms with van der Waals surface area (Å²) < 4.78 is 44.9. The normalized spacial score (nSPS) is 22.4. The van der Waals surface area contributed by atoms with E-state index in [0.717, 1.165) is 37.8 Å². The highest BCUT2D eigenvalue weighted by Crippen LogP contribution is 2.47. The summed E-state index contributed by atoms with van der Waals surface area (Å²) in [7, 11) is 0. The second kappa shape index (κ2) is 9.17. The van der Waals surface area contributed by atoms with Crippen molar-refractivity contribution < 1.29 is 23.1 Å². The number of nitriles is 1. The van der Waals surface area contributed by atoms with E-state index >= 15 is 4.39 Å². The zero-order valence-corrected chi connectivity index (χ0v) is 20.0. The van der Waals surface area contributed by atoms with E-state index in [2.05, 4.69) is 20.3 Å². The van der Waals surface area contributed by atoms with Gasteiger partial charge in [0.2, 0.25) is 0 Å². The molecule has 0 aliphatic heterocycles. The quantitative estimate of drug-likeness (QED) is 0.305. The third-order valence-electron chi connectivity index (χ3n) is 7.97. The van der Waals surface area contributed by atoms with Gasteiger partial charge in [-0.3, -0.25) is 9.78 Å². The van der Waals surface area contributed by atoms with Gasteiger partial charge in [-0.2, -0.15) is 5.26 Å². The molecule has 10 heteroatoms. The number of aromatic nitrogens is 3. The van der Waals surface area contributed by atoms with Crippen molar-refractivity contribution in [3.05, 3.63) is 65.9 Å². The fourth-order valence-corrected chi connectivity index (χ4v) is 6.27. The van der Waals surface area contributed by atoms with Crippen LogP contribution in [0.4, 0.5) is 19.0 Å². The largest absolute Gasteiger partial charge is 0.481 e. The smallest absolute Gasteiger partial charge is 0.308 e. The molecule has 3 fully saturated rings. The number of benzene rings is 1. The molecule has 0 amide bonds. The number of fused-ring (bicyclic) bond motifs is 4. The molecular weight excluding hydrogens is 495 g/mol. The average Bonchev–Trinajstić information content (AvgIpc) is 3.34. The molecule has 3 N–H and O–H groups in total. The van der Waals surface area contributed by atoms with E-state index in [0.29, 0.717) is 5.56 Å². The zero-order chi connectivity index (χ0) is 26.6. The Bertz CT molecular complexity index is 1610. The Labute approximate surface area is 215 Å². The van der Waals surface area contributed by atoms with Gasteiger partial charge in [-0.1, -0.05) is 6.07 Å². The molecule has 2 bridgehead atoms. The number of nitrogens with zero attached hydrogens (tertiary/aromatic N) is 3. The van der Waals surface area contributed by atoms with Crippen LogP contribution in [0.25, 0.3) is 33.3 Å². The molecule has 0 unspecified atom stereocenters. The molecule has 4 aromatic rings. The minimum absolute atomic E-state index is 0.0133. The van der Waals surface area contributed by atoms with Crippen LogP contribution in [0.15, 0.2) is 42.9 Å². The van der Waals surface area contributed by atoms with Gasteiger partial charge >= 0.3 is 5.97 Å². The van der Waals surface area contributed by atoms with Gasteiger partial charge < -0.3 is 15.4 Å². The number of hydrogen-bond acceptors (Lipinski definition) is 5. The van der Waals surface area contributed by atoms with Crippen molar-refractivity contribution in [2.45, 2.75) is 31.7 Å². The van der Waals surface area contributed by atoms with Crippen LogP contribution in [-0.4, -0.2) is 32.1 Å². The van der Waals surface area contributed by atoms with E-state index < -0.39 is 35.4 Å². The number of carboxylic acids is 1. The topological polar surface area (TPSA) is 115 Å². The van der Waals surface area contributed by atoms with Gasteiger partial charge in [0, 0.05) is 52.8 Å². The summed E-state index contributed by atoms with van der Waals surface area (Å²) in [6, 6.07) is 6.51. The highest BCUT2D eigenvalue weighted by atomic mass is 19.1. The van der Waals surface area contributed by atoms with Crippen molar-refractivity contribution >= 4 is 22.7 Å². The van der Waals surface area contributed by atoms with Crippen LogP contribution < -0.4 is 5.32 Å². The van der Waals surface area contributed by atoms with Crippen molar-refractivity contribution in [1.82, 2.24) is 15.0 Å². The second-order valence-corrected chi connectivity index (χ2v) is 9.95. The van der Waals surface area contributed by atoms with Crippen molar-refractivity contribution in [1.29, 1.82) is 5.26 Å². The third kappa shape index (κ3) is 3.77. The summed E-state index contributed by atoms with van der Waals surface area (Å²) in [6.07, 6.45) is 7.58. The SMILES string of the molecule is N#Cc1c(-c2c[nH]c3c(F)cc(F)cc23)nc(N[C@H]2C3CCC(CC3)[C@@H]2C(=O)O)c(F)c1-c1cccnc1. The number of hydrogen-bond donors (Lipinski definition) is 3. The van der Waals surface area contributed by atoms with Crippen molar-refractivity contribution in [3.8, 4) is 28.5 Å². The molecule has 7 rings (SSSR count). The summed E-state index contributed by atoms with van der Waals surface area (Å²) in [5.41, 5.74) is 0.343. The first kappa shape index (κ1) is 24.0. The maximum absolute atomic E-state index is 16.2. The number of pyridine rings is 2. The van der Waals surface area contributed by atoms with Gasteiger partial charge in [0.15, 0.2) is 11.6 Å². The third-order valence-corrected chi connectivity index (χ3v) is 7.97. The molecule has 0 radical (unpaired) electrons. The molecule has 3 heterocycles. The Morgan fingerprint density at radius 1 is 1.16 bits per heavy atom. The molecule has 3 aromatic heterocycles. The van der Waals surface area contributed by atoms with Crippen LogP contribution in [0.2, 0.25) is 0 Å². The number of halogens is 3. The van der Waals surface area contributed by atoms with Crippen LogP contribution in [0.3, 0.4) is 0 Å². The lowest BCUT2D eigenvalue weighted by atomic mass is 9.61. The van der Waals surface area contributed by atoms with Crippen LogP contribution >= 0.6 is 0 Å². The number of rotatable bonds is 5. The van der Waals surface area contributed by atoms with Gasteiger partial charge in [0.05, 0.1) is 22.7 Å². The van der Waals surface area contributed by atoms with Crippen LogP contribution in [0.1, 0.15) is 31.2 Å². The summed E-state index contributed by atoms with van der Waals surface area (Å²) in [5, 5.41) is 23.4. The minimum atomic E-state index is -0.943. The lowest BCUT2D eigenvalue weighted by Gasteiger charge is -2.47. The average molecular weight is 518 g/mol. The number of anilines is 1. The molecule has 192 valence electrons. The summed E-state index contributed by atoms with van der Waals surface area (Å²) in [6.45, 7) is 0. The number of aliphatic carboxylic acids is 1. The lowest BCUT2D eigenvalue weighted by molar-refractivity contribution is -0.148. The Morgan fingerprint density at radius 2 is 1.92 bits per heavy atom. The van der Waals surface area contributed by atoms with E-state index in [1.165, 1.54) is 18.6 Å². The summed E-state index contributed by atoms with van der Waals surface area (Å²) >= 11 is 0. The standard InChI is InChI=1S/C28H22F3N5O2/c29-16-8-17-19(12-34-26(17)20(30)9-16)25-18(10-32)21(15-2-1-7-33-11-15)23(31)27(36-25)35-24-14-5-3-13(4-6-14)22(24)28(37)38/h1-2,7-9,11-14,22,24,34H,3-6H2,(H,35,36)(H,37,38)/t13?,14?,22-,24-/m0/s1. The summed E-state index contributed by atoms with van der Waals surface area (Å²) in [5.74, 6) is -4.31. The highest BCUT2D eigenvalue weighted by Gasteiger charge is 2.47. The predicted molar refractivity (Wildman–Crippen MR) is 133 cm³/mol. The fraction of sp³-hybridized carbons (Fsp3) is 0.286. The van der Waals surface area contributed by atoms with Crippen LogP contribution in [-0.2, 0) is 4.79 Å². The maximum Gasteiger partial charge on any atom is 0.308 e. The number of aromatic amines is 1. The summed E-state index contributed by atoms with van der Waals surface area (Å²) in [4.78, 5) is 23.5. The minimum Gasteiger partial charge on any atom is -0.481 e. The van der Waals surface area contributed by atoms with E-state index in [-0.39, 0.29) is 50.9 Å². The van der Waals surface area contributed by atoms with E-state index in [9.17, 15) is 23.9 Å². The fourth-order valence-electron chi connectivity index (χ4n) is 6.27. The van der Waals surface area contributed by atoms with Gasteiger partial charge in [0.25, 0.3) is 0 Å². The number of H-pyrrole nitrogens is 1. The van der Waals surface area contributed by atoms with E-state index in [4.69, 9.17) is 0 Å². The first-order valence-corrected chi connectivity index (χ1v) is 12.4. The van der Waals surface area contributed by atoms with Gasteiger partial charge in [-0.05, 0) is 49.7 Å². The number of nitrogens with one attached hydrogen (secondary N) is 2. The van der Waals surface area contributed by atoms with Gasteiger partial charge in [-0.15, -0.1) is 0 Å². The second-order valence-electron chi connectivity index (χ2n) is 9.95. The predicted octanol–water partition coefficient (Wildman–Crippen LogP) is 5.88. The van der Waals surface area contributed by atoms with Crippen LogP contribution in [0.5, 0.6) is 0 Å². The first-order valence-electron chi connectivity index (χ1n) is 12.4. The number of carboxylic acid groups (broad SMARTS) is 1. The Morgan fingerprint density at radius 3 is 2.61 bits per heavy atom. The van der Waals surface area contributed by atoms with Gasteiger partial charge in [-0.25, -0.2) is 18.2 Å².